The second kappa shape index (κ2) is 8.52. The maximum atomic E-state index is 13.8. The van der Waals surface area contributed by atoms with Gasteiger partial charge in [-0.1, -0.05) is 47.6 Å². The number of carbonyl (C=O) groups excluding carboxylic acids is 1. The quantitative estimate of drug-likeness (QED) is 0.495. The van der Waals surface area contributed by atoms with E-state index >= 15 is 0 Å². The van der Waals surface area contributed by atoms with E-state index in [0.29, 0.717) is 11.9 Å². The first kappa shape index (κ1) is 19.3. The van der Waals surface area contributed by atoms with Crippen molar-refractivity contribution in [2.45, 2.75) is 6.61 Å². The highest BCUT2D eigenvalue weighted by Gasteiger charge is 2.16. The minimum absolute atomic E-state index is 0.0605. The summed E-state index contributed by atoms with van der Waals surface area (Å²) >= 11 is 0. The van der Waals surface area contributed by atoms with Gasteiger partial charge >= 0.3 is 0 Å². The molecule has 1 aromatic heterocycles. The van der Waals surface area contributed by atoms with Crippen LogP contribution in [0.4, 0.5) is 14.5 Å². The number of halogens is 2. The van der Waals surface area contributed by atoms with Crippen molar-refractivity contribution in [3.8, 4) is 17.1 Å². The van der Waals surface area contributed by atoms with Crippen LogP contribution >= 0.6 is 0 Å². The highest BCUT2D eigenvalue weighted by Crippen LogP contribution is 2.23. The molecular formula is C22H15F2N3O3. The minimum Gasteiger partial charge on any atom is -0.483 e. The van der Waals surface area contributed by atoms with Crippen LogP contribution in [-0.2, 0) is 6.61 Å². The van der Waals surface area contributed by atoms with Gasteiger partial charge in [-0.15, -0.1) is 0 Å². The van der Waals surface area contributed by atoms with E-state index in [0.717, 1.165) is 17.7 Å². The Labute approximate surface area is 170 Å². The fraction of sp³-hybridized carbons (Fsp3) is 0.0455. The van der Waals surface area contributed by atoms with E-state index in [-0.39, 0.29) is 29.5 Å². The van der Waals surface area contributed by atoms with Gasteiger partial charge in [0.1, 0.15) is 17.4 Å². The molecule has 0 unspecified atom stereocenters. The third-order valence-electron chi connectivity index (χ3n) is 4.16. The number of hydrogen-bond acceptors (Lipinski definition) is 5. The van der Waals surface area contributed by atoms with E-state index in [9.17, 15) is 13.6 Å². The summed E-state index contributed by atoms with van der Waals surface area (Å²) < 4.78 is 37.7. The van der Waals surface area contributed by atoms with Crippen LogP contribution in [-0.4, -0.2) is 16.0 Å². The third kappa shape index (κ3) is 4.33. The Kier molecular flexibility index (Phi) is 5.47. The molecule has 0 aliphatic heterocycles. The molecule has 0 saturated carbocycles. The molecule has 1 amide bonds. The first-order valence-corrected chi connectivity index (χ1v) is 8.96. The zero-order valence-corrected chi connectivity index (χ0v) is 15.5. The number of anilines is 1. The Bertz CT molecular complexity index is 1180. The molecule has 4 aromatic rings. The monoisotopic (exact) mass is 407 g/mol. The predicted octanol–water partition coefficient (Wildman–Crippen LogP) is 4.85. The van der Waals surface area contributed by atoms with Gasteiger partial charge in [0.05, 0.1) is 11.3 Å². The lowest BCUT2D eigenvalue weighted by atomic mass is 10.2. The normalized spacial score (nSPS) is 10.6. The fourth-order valence-electron chi connectivity index (χ4n) is 2.72. The van der Waals surface area contributed by atoms with E-state index in [4.69, 9.17) is 9.26 Å². The molecule has 0 aliphatic carbocycles. The van der Waals surface area contributed by atoms with Crippen molar-refractivity contribution in [3.05, 3.63) is 95.9 Å². The van der Waals surface area contributed by atoms with Gasteiger partial charge in [0, 0.05) is 11.6 Å². The summed E-state index contributed by atoms with van der Waals surface area (Å²) in [5, 5.41) is 6.32. The summed E-state index contributed by atoms with van der Waals surface area (Å²) in [6.07, 6.45) is 0. The highest BCUT2D eigenvalue weighted by atomic mass is 19.1. The highest BCUT2D eigenvalue weighted by molar-refractivity contribution is 6.06. The Morgan fingerprint density at radius 2 is 1.77 bits per heavy atom. The van der Waals surface area contributed by atoms with Gasteiger partial charge in [-0.2, -0.15) is 4.98 Å². The molecule has 0 aliphatic rings. The van der Waals surface area contributed by atoms with Crippen molar-refractivity contribution in [1.82, 2.24) is 10.1 Å². The molecule has 0 saturated heterocycles. The van der Waals surface area contributed by atoms with Gasteiger partial charge in [-0.25, -0.2) is 8.78 Å². The lowest BCUT2D eigenvalue weighted by Gasteiger charge is -2.11. The van der Waals surface area contributed by atoms with Crippen molar-refractivity contribution < 1.29 is 22.8 Å². The van der Waals surface area contributed by atoms with Gasteiger partial charge < -0.3 is 14.6 Å². The van der Waals surface area contributed by atoms with Crippen molar-refractivity contribution in [2.24, 2.45) is 0 Å². The summed E-state index contributed by atoms with van der Waals surface area (Å²) in [4.78, 5) is 16.8. The number of para-hydroxylation sites is 1. The Balaban J connectivity index is 1.47. The first-order valence-electron chi connectivity index (χ1n) is 8.96. The van der Waals surface area contributed by atoms with Crippen LogP contribution in [0.1, 0.15) is 16.2 Å². The minimum atomic E-state index is -0.874. The largest absolute Gasteiger partial charge is 0.483 e. The number of rotatable bonds is 6. The van der Waals surface area contributed by atoms with Crippen LogP contribution in [0.2, 0.25) is 0 Å². The number of carbonyl (C=O) groups is 1. The lowest BCUT2D eigenvalue weighted by Crippen LogP contribution is -2.14. The average Bonchev–Trinajstić information content (AvgIpc) is 3.24. The summed E-state index contributed by atoms with van der Waals surface area (Å²) in [5.41, 5.74) is 0.832. The van der Waals surface area contributed by atoms with Gasteiger partial charge in [0.2, 0.25) is 5.82 Å². The van der Waals surface area contributed by atoms with E-state index in [1.807, 2.05) is 30.3 Å². The van der Waals surface area contributed by atoms with Crippen LogP contribution in [0.5, 0.6) is 5.75 Å². The van der Waals surface area contributed by atoms with Crippen LogP contribution in [0.25, 0.3) is 11.4 Å². The van der Waals surface area contributed by atoms with Crippen LogP contribution in [0, 0.1) is 11.6 Å². The SMILES string of the molecule is O=C(Nc1ccc(F)cc1F)c1ccccc1OCc1nc(-c2ccccc2)no1. The molecule has 30 heavy (non-hydrogen) atoms. The number of nitrogens with zero attached hydrogens (tertiary/aromatic N) is 2. The van der Waals surface area contributed by atoms with Crippen molar-refractivity contribution >= 4 is 11.6 Å². The molecule has 1 heterocycles. The van der Waals surface area contributed by atoms with Gasteiger partial charge in [-0.3, -0.25) is 4.79 Å². The smallest absolute Gasteiger partial charge is 0.264 e. The maximum absolute atomic E-state index is 13.8. The van der Waals surface area contributed by atoms with E-state index < -0.39 is 17.5 Å². The molecule has 1 N–H and O–H groups in total. The molecule has 0 fully saturated rings. The van der Waals surface area contributed by atoms with Gasteiger partial charge in [0.15, 0.2) is 6.61 Å². The van der Waals surface area contributed by atoms with Crippen LogP contribution in [0.15, 0.2) is 77.3 Å². The zero-order chi connectivity index (χ0) is 20.9. The number of hydrogen-bond donors (Lipinski definition) is 1. The second-order valence-electron chi connectivity index (χ2n) is 6.24. The van der Waals surface area contributed by atoms with E-state index in [2.05, 4.69) is 15.5 Å². The molecule has 150 valence electrons. The molecule has 4 rings (SSSR count). The summed E-state index contributed by atoms with van der Waals surface area (Å²) in [5.74, 6) is -1.31. The molecule has 3 aromatic carbocycles. The lowest BCUT2D eigenvalue weighted by molar-refractivity contribution is 0.102. The van der Waals surface area contributed by atoms with E-state index in [1.54, 1.807) is 18.2 Å². The summed E-state index contributed by atoms with van der Waals surface area (Å²) in [6.45, 7) is -0.0605. The van der Waals surface area contributed by atoms with Crippen LogP contribution < -0.4 is 10.1 Å². The number of benzene rings is 3. The molecule has 8 heteroatoms. The van der Waals surface area contributed by atoms with E-state index in [1.165, 1.54) is 6.07 Å². The van der Waals surface area contributed by atoms with Crippen molar-refractivity contribution in [1.29, 1.82) is 0 Å². The second-order valence-corrected chi connectivity index (χ2v) is 6.24. The first-order chi connectivity index (χ1) is 14.6. The predicted molar refractivity (Wildman–Crippen MR) is 105 cm³/mol. The molecular weight excluding hydrogens is 392 g/mol. The Morgan fingerprint density at radius 1 is 1.00 bits per heavy atom. The Hall–Kier alpha value is -4.07. The number of amides is 1. The fourth-order valence-corrected chi connectivity index (χ4v) is 2.72. The number of aromatic nitrogens is 2. The number of ether oxygens (including phenoxy) is 1. The standard InChI is InChI=1S/C22H15F2N3O3/c23-15-10-11-18(17(24)12-15)25-22(28)16-8-4-5-9-19(16)29-13-20-26-21(27-30-20)14-6-2-1-3-7-14/h1-12H,13H2,(H,25,28). The Morgan fingerprint density at radius 3 is 2.57 bits per heavy atom. The van der Waals surface area contributed by atoms with Crippen molar-refractivity contribution in [3.63, 3.8) is 0 Å². The molecule has 0 radical (unpaired) electrons. The average molecular weight is 407 g/mol. The molecule has 0 bridgehead atoms. The molecule has 0 spiro atoms. The zero-order valence-electron chi connectivity index (χ0n) is 15.5. The molecule has 6 nitrogen and oxygen atoms in total. The summed E-state index contributed by atoms with van der Waals surface area (Å²) in [7, 11) is 0. The summed E-state index contributed by atoms with van der Waals surface area (Å²) in [6, 6.07) is 18.6. The van der Waals surface area contributed by atoms with Gasteiger partial charge in [-0.05, 0) is 24.3 Å². The maximum Gasteiger partial charge on any atom is 0.264 e. The molecule has 0 atom stereocenters. The van der Waals surface area contributed by atoms with Crippen LogP contribution in [0.3, 0.4) is 0 Å². The topological polar surface area (TPSA) is 77.2 Å². The van der Waals surface area contributed by atoms with Crippen molar-refractivity contribution in [2.75, 3.05) is 5.32 Å². The third-order valence-corrected chi connectivity index (χ3v) is 4.16. The number of nitrogens with one attached hydrogen (secondary N) is 1. The van der Waals surface area contributed by atoms with Gasteiger partial charge in [0.25, 0.3) is 11.8 Å².